The van der Waals surface area contributed by atoms with Crippen molar-refractivity contribution in [2.45, 2.75) is 6.42 Å². The summed E-state index contributed by atoms with van der Waals surface area (Å²) in [4.78, 5) is 11.9. The molecule has 0 unspecified atom stereocenters. The molecule has 5 nitrogen and oxygen atoms in total. The highest BCUT2D eigenvalue weighted by Gasteiger charge is 2.08. The minimum Gasteiger partial charge on any atom is -0.504 e. The predicted molar refractivity (Wildman–Crippen MR) is 73.4 cm³/mol. The molecule has 1 aromatic carbocycles. The highest BCUT2D eigenvalue weighted by Crippen LogP contribution is 2.24. The number of carbonyl (C=O) groups is 1. The van der Waals surface area contributed by atoms with Crippen LogP contribution in [-0.4, -0.2) is 22.7 Å². The highest BCUT2D eigenvalue weighted by molar-refractivity contribution is 5.93. The van der Waals surface area contributed by atoms with Crippen LogP contribution in [0.1, 0.15) is 15.9 Å². The van der Waals surface area contributed by atoms with Crippen molar-refractivity contribution in [3.8, 4) is 11.5 Å². The number of phenols is 2. The van der Waals surface area contributed by atoms with Gasteiger partial charge in [0.2, 0.25) is 0 Å². The molecule has 0 saturated carbocycles. The third kappa shape index (κ3) is 3.47. The molecule has 1 aromatic heterocycles. The van der Waals surface area contributed by atoms with Crippen LogP contribution in [0.5, 0.6) is 11.5 Å². The summed E-state index contributed by atoms with van der Waals surface area (Å²) in [5.41, 5.74) is 1.45. The minimum absolute atomic E-state index is 0.135. The molecule has 0 aliphatic heterocycles. The van der Waals surface area contributed by atoms with Gasteiger partial charge in [0, 0.05) is 12.6 Å². The van der Waals surface area contributed by atoms with Gasteiger partial charge in [-0.05, 0) is 30.2 Å². The number of pyridine rings is 1. The second kappa shape index (κ2) is 6.06. The molecule has 0 radical (unpaired) electrons. The van der Waals surface area contributed by atoms with Crippen molar-refractivity contribution in [3.63, 3.8) is 0 Å². The Labute approximate surface area is 117 Å². The van der Waals surface area contributed by atoms with Crippen molar-refractivity contribution in [3.05, 3.63) is 53.9 Å². The van der Waals surface area contributed by atoms with Gasteiger partial charge in [-0.3, -0.25) is 4.79 Å². The van der Waals surface area contributed by atoms with E-state index in [1.807, 2.05) is 23.9 Å². The first kappa shape index (κ1) is 13.9. The number of hydrogen-bond acceptors (Lipinski definition) is 3. The van der Waals surface area contributed by atoms with Crippen LogP contribution in [0.15, 0.2) is 42.7 Å². The summed E-state index contributed by atoms with van der Waals surface area (Å²) < 4.78 is 1.81. The Morgan fingerprint density at radius 1 is 1.25 bits per heavy atom. The SMILES string of the molecule is C[n+]1cccc(C(=O)NCCc2ccc(O)c(O)c2)c1. The van der Waals surface area contributed by atoms with Crippen LogP contribution in [-0.2, 0) is 13.5 Å². The summed E-state index contributed by atoms with van der Waals surface area (Å²) in [5.74, 6) is -0.428. The topological polar surface area (TPSA) is 73.4 Å². The Kier molecular flexibility index (Phi) is 4.20. The van der Waals surface area contributed by atoms with E-state index in [0.29, 0.717) is 18.5 Å². The lowest BCUT2D eigenvalue weighted by Crippen LogP contribution is -2.31. The fourth-order valence-electron chi connectivity index (χ4n) is 1.87. The average molecular weight is 273 g/mol. The molecule has 0 saturated heterocycles. The number of hydrogen-bond donors (Lipinski definition) is 3. The molecule has 5 heteroatoms. The summed E-state index contributed by atoms with van der Waals surface area (Å²) >= 11 is 0. The van der Waals surface area contributed by atoms with E-state index in [9.17, 15) is 15.0 Å². The number of nitrogens with one attached hydrogen (secondary N) is 1. The Morgan fingerprint density at radius 2 is 2.05 bits per heavy atom. The molecule has 1 amide bonds. The molecule has 1 heterocycles. The van der Waals surface area contributed by atoms with Crippen LogP contribution in [0, 0.1) is 0 Å². The number of aryl methyl sites for hydroxylation is 1. The van der Waals surface area contributed by atoms with Crippen LogP contribution in [0.2, 0.25) is 0 Å². The fraction of sp³-hybridized carbons (Fsp3) is 0.200. The van der Waals surface area contributed by atoms with Gasteiger partial charge in [0.15, 0.2) is 23.9 Å². The van der Waals surface area contributed by atoms with Gasteiger partial charge in [0.25, 0.3) is 5.91 Å². The number of benzene rings is 1. The number of aromatic hydroxyl groups is 2. The largest absolute Gasteiger partial charge is 0.504 e. The monoisotopic (exact) mass is 273 g/mol. The van der Waals surface area contributed by atoms with Crippen molar-refractivity contribution in [2.24, 2.45) is 7.05 Å². The summed E-state index contributed by atoms with van der Waals surface area (Å²) in [7, 11) is 1.86. The van der Waals surface area contributed by atoms with E-state index in [4.69, 9.17) is 0 Å². The van der Waals surface area contributed by atoms with Crippen LogP contribution in [0.3, 0.4) is 0 Å². The van der Waals surface area contributed by atoms with Crippen LogP contribution in [0.4, 0.5) is 0 Å². The van der Waals surface area contributed by atoms with Gasteiger partial charge in [-0.25, -0.2) is 4.57 Å². The number of nitrogens with zero attached hydrogens (tertiary/aromatic N) is 1. The Morgan fingerprint density at radius 3 is 2.75 bits per heavy atom. The Balaban J connectivity index is 1.89. The first-order chi connectivity index (χ1) is 9.56. The van der Waals surface area contributed by atoms with E-state index in [1.165, 1.54) is 12.1 Å². The molecule has 0 atom stereocenters. The molecule has 2 aromatic rings. The Hall–Kier alpha value is -2.56. The second-order valence-corrected chi connectivity index (χ2v) is 4.59. The van der Waals surface area contributed by atoms with Crippen molar-refractivity contribution in [2.75, 3.05) is 6.54 Å². The van der Waals surface area contributed by atoms with Gasteiger partial charge in [0.1, 0.15) is 12.6 Å². The van der Waals surface area contributed by atoms with Gasteiger partial charge < -0.3 is 15.5 Å². The van der Waals surface area contributed by atoms with Crippen molar-refractivity contribution in [1.29, 1.82) is 0 Å². The van der Waals surface area contributed by atoms with Crippen molar-refractivity contribution in [1.82, 2.24) is 5.32 Å². The molecule has 0 bridgehead atoms. The van der Waals surface area contributed by atoms with E-state index < -0.39 is 0 Å². The summed E-state index contributed by atoms with van der Waals surface area (Å²) in [6.45, 7) is 0.460. The van der Waals surface area contributed by atoms with E-state index >= 15 is 0 Å². The highest BCUT2D eigenvalue weighted by atomic mass is 16.3. The molecular weight excluding hydrogens is 256 g/mol. The molecule has 0 fully saturated rings. The normalized spacial score (nSPS) is 10.2. The maximum Gasteiger partial charge on any atom is 0.257 e. The molecule has 104 valence electrons. The standard InChI is InChI=1S/C15H16N2O3/c1-17-8-2-3-12(10-17)15(20)16-7-6-11-4-5-13(18)14(19)9-11/h2-5,8-10H,6-7H2,1H3,(H2-,16,18,19,20)/p+1. The lowest BCUT2D eigenvalue weighted by Gasteiger charge is -2.05. The first-order valence-corrected chi connectivity index (χ1v) is 6.30. The van der Waals surface area contributed by atoms with E-state index in [1.54, 1.807) is 18.3 Å². The quantitative estimate of drug-likeness (QED) is 0.572. The third-order valence-corrected chi connectivity index (χ3v) is 2.94. The van der Waals surface area contributed by atoms with E-state index in [2.05, 4.69) is 5.32 Å². The average Bonchev–Trinajstić information content (AvgIpc) is 2.42. The summed E-state index contributed by atoms with van der Waals surface area (Å²) in [6, 6.07) is 8.20. The number of amides is 1. The molecule has 2 rings (SSSR count). The first-order valence-electron chi connectivity index (χ1n) is 6.30. The van der Waals surface area contributed by atoms with E-state index in [0.717, 1.165) is 5.56 Å². The van der Waals surface area contributed by atoms with Gasteiger partial charge in [0.05, 0.1) is 0 Å². The number of carbonyl (C=O) groups excluding carboxylic acids is 1. The van der Waals surface area contributed by atoms with E-state index in [-0.39, 0.29) is 17.4 Å². The van der Waals surface area contributed by atoms with Gasteiger partial charge >= 0.3 is 0 Å². The summed E-state index contributed by atoms with van der Waals surface area (Å²) in [5, 5.41) is 21.4. The van der Waals surface area contributed by atoms with Gasteiger partial charge in [-0.1, -0.05) is 6.07 Å². The lowest BCUT2D eigenvalue weighted by molar-refractivity contribution is -0.671. The number of phenolic OH excluding ortho intramolecular Hbond substituents is 2. The smallest absolute Gasteiger partial charge is 0.257 e. The van der Waals surface area contributed by atoms with Crippen molar-refractivity contribution < 1.29 is 19.6 Å². The molecule has 0 spiro atoms. The van der Waals surface area contributed by atoms with Crippen LogP contribution in [0.25, 0.3) is 0 Å². The second-order valence-electron chi connectivity index (χ2n) is 4.59. The molecular formula is C15H17N2O3+. The lowest BCUT2D eigenvalue weighted by atomic mass is 10.1. The van der Waals surface area contributed by atoms with Gasteiger partial charge in [-0.15, -0.1) is 0 Å². The summed E-state index contributed by atoms with van der Waals surface area (Å²) in [6.07, 6.45) is 4.19. The van der Waals surface area contributed by atoms with Crippen molar-refractivity contribution >= 4 is 5.91 Å². The van der Waals surface area contributed by atoms with Crippen LogP contribution >= 0.6 is 0 Å². The fourth-order valence-corrected chi connectivity index (χ4v) is 1.87. The Bertz CT molecular complexity index is 626. The zero-order valence-electron chi connectivity index (χ0n) is 11.2. The maximum absolute atomic E-state index is 11.9. The van der Waals surface area contributed by atoms with Gasteiger partial charge in [-0.2, -0.15) is 0 Å². The minimum atomic E-state index is -0.149. The molecule has 3 N–H and O–H groups in total. The number of rotatable bonds is 4. The maximum atomic E-state index is 11.9. The predicted octanol–water partition coefficient (Wildman–Crippen LogP) is 0.895. The third-order valence-electron chi connectivity index (χ3n) is 2.94. The zero-order valence-corrected chi connectivity index (χ0v) is 11.2. The molecule has 0 aliphatic rings. The molecule has 20 heavy (non-hydrogen) atoms. The zero-order chi connectivity index (χ0) is 14.5. The van der Waals surface area contributed by atoms with Crippen LogP contribution < -0.4 is 9.88 Å². The molecule has 0 aliphatic carbocycles. The number of aromatic nitrogens is 1.